The standard InChI is InChI=1S/C29H30N2O4.C28H28N2O4.C20H28N2O3S.C18H24N2O4.C15H19NO3S/c1-7-31-25-14-12-20(19(3)30-35-28(33)29(4,5)34-6)16-23(25)24-17-21(13-15-26(24)31)27(32)22-11-9-8-10-18(22)2;1-6-30-24-13-11-19(18(3)29-34-27(32)28(4,5)33)15-22(24)23-16-20(12-14-25(23)30)26(31)21-10-8-7-9-17(21)2;1-15-7-9-16(10-8-15)18(23)17(11-14-26-4)21-25-19(24)20(2,3)22-12-5-6-13-22;1-4-15(16(21)14-8-6-5-7-9-14)19-24-17(22)18(2,3)20-10-12-23-13-11-20;1-5-12(13(17)11-9-7-6-8-10-11)16-19-14(18)15(2,3)20-4/h8-17H,7H2,1-6H3;7-16,33H,6H2,1-5H3;7-10H,5-6,11-14H2,1-4H3;5-9H,4,10-13H2,1-3H3;6-10H,5H2,1-4H3/b30-19+;29-18+;21-17+;19-15+;16-12+. The number of fused-ring (bicyclic) bond motifs is 6. The van der Waals surface area contributed by atoms with Crippen LogP contribution in [0, 0.1) is 20.8 Å². The molecule has 2 aromatic heterocycles. The van der Waals surface area contributed by atoms with E-state index in [0.29, 0.717) is 95.9 Å². The molecule has 139 heavy (non-hydrogen) atoms. The molecule has 0 spiro atoms. The lowest BCUT2D eigenvalue weighted by molar-refractivity contribution is -0.165. The Balaban J connectivity index is 0.000000197. The molecule has 11 aromatic rings. The van der Waals surface area contributed by atoms with Crippen LogP contribution in [0.3, 0.4) is 0 Å². The number of ketones is 5. The summed E-state index contributed by atoms with van der Waals surface area (Å²) in [5, 5.41) is 33.2. The maximum Gasteiger partial charge on any atom is 0.365 e. The molecule has 0 bridgehead atoms. The van der Waals surface area contributed by atoms with Crippen LogP contribution >= 0.6 is 23.5 Å². The van der Waals surface area contributed by atoms with E-state index >= 15 is 0 Å². The summed E-state index contributed by atoms with van der Waals surface area (Å²) in [5.74, 6) is -2.65. The van der Waals surface area contributed by atoms with Crippen LogP contribution in [-0.2, 0) is 70.7 Å². The molecule has 2 saturated heterocycles. The Morgan fingerprint density at radius 2 is 0.734 bits per heavy atom. The zero-order valence-corrected chi connectivity index (χ0v) is 85.4. The summed E-state index contributed by atoms with van der Waals surface area (Å²) >= 11 is 2.99. The monoisotopic (exact) mass is 1930 g/mol. The van der Waals surface area contributed by atoms with Gasteiger partial charge in [0.25, 0.3) is 0 Å². The fraction of sp³-hybridized carbons (Fsp3) is 0.373. The van der Waals surface area contributed by atoms with Gasteiger partial charge >= 0.3 is 29.8 Å². The van der Waals surface area contributed by atoms with Crippen LogP contribution < -0.4 is 0 Å². The first-order chi connectivity index (χ1) is 66.0. The molecular formula is C110H129N9O18S2. The quantitative estimate of drug-likeness (QED) is 0.0173. The van der Waals surface area contributed by atoms with E-state index in [1.54, 1.807) is 142 Å². The van der Waals surface area contributed by atoms with E-state index in [2.05, 4.69) is 53.7 Å². The lowest BCUT2D eigenvalue weighted by Crippen LogP contribution is -2.54. The summed E-state index contributed by atoms with van der Waals surface area (Å²) < 4.78 is 14.2. The normalized spacial score (nSPS) is 13.7. The Hall–Kier alpha value is -12.9. The van der Waals surface area contributed by atoms with Crippen molar-refractivity contribution < 1.29 is 86.7 Å². The van der Waals surface area contributed by atoms with Gasteiger partial charge in [-0.3, -0.25) is 33.8 Å². The van der Waals surface area contributed by atoms with Crippen LogP contribution in [0.1, 0.15) is 234 Å². The van der Waals surface area contributed by atoms with Gasteiger partial charge in [0.1, 0.15) is 33.0 Å². The number of methoxy groups -OCH3 is 1. The largest absolute Gasteiger partial charge is 0.379 e. The third kappa shape index (κ3) is 28.3. The van der Waals surface area contributed by atoms with Crippen molar-refractivity contribution in [1.29, 1.82) is 0 Å². The number of aryl methyl sites for hydroxylation is 5. The number of ether oxygens (including phenoxy) is 2. The molecule has 29 heteroatoms. The third-order valence-electron chi connectivity index (χ3n) is 24.3. The summed E-state index contributed by atoms with van der Waals surface area (Å²) in [4.78, 5) is 154. The SMILES string of the molecule is CC/C(=N\OC(=O)C(C)(C)N1CCOCC1)C(=O)c1ccccc1.CC/C(=N\OC(=O)C(C)(C)SC)C(=O)c1ccccc1.CCn1c2ccc(C(=O)c3ccccc3C)cc2c2cc(/C(C)=N/OC(=O)C(C)(C)O)ccc21.CCn1c2ccc(C(=O)c3ccccc3C)cc2c2cc(/C(C)=N/OC(=O)C(C)(C)OC)ccc21.CSCC/C(=N\OC(=O)C(C)(C)N1CCCC1)C(=O)c1ccc(C)cc1. The molecular weight excluding hydrogens is 1800 g/mol. The van der Waals surface area contributed by atoms with Crippen LogP contribution in [0.2, 0.25) is 0 Å². The van der Waals surface area contributed by atoms with Crippen LogP contribution in [-0.4, -0.2) is 203 Å². The number of Topliss-reactive ketones (excluding diaryl/α,β-unsaturated/α-hetero) is 3. The minimum absolute atomic E-state index is 0.00367. The molecule has 0 saturated carbocycles. The molecule has 2 fully saturated rings. The van der Waals surface area contributed by atoms with Gasteiger partial charge in [-0.1, -0.05) is 191 Å². The lowest BCUT2D eigenvalue weighted by atomic mass is 9.97. The van der Waals surface area contributed by atoms with Gasteiger partial charge in [-0.15, -0.1) is 11.8 Å². The van der Waals surface area contributed by atoms with Crippen LogP contribution in [0.25, 0.3) is 43.6 Å². The molecule has 2 aliphatic heterocycles. The van der Waals surface area contributed by atoms with E-state index in [0.717, 1.165) is 116 Å². The second-order valence-electron chi connectivity index (χ2n) is 36.0. The van der Waals surface area contributed by atoms with Gasteiger partial charge in [-0.25, -0.2) is 24.0 Å². The van der Waals surface area contributed by atoms with Crippen LogP contribution in [0.15, 0.2) is 232 Å². The average Bonchev–Trinajstić information content (AvgIpc) is 1.60. The van der Waals surface area contributed by atoms with E-state index in [-0.39, 0.29) is 46.1 Å². The Labute approximate surface area is 822 Å². The Bertz CT molecular complexity index is 6430. The van der Waals surface area contributed by atoms with Gasteiger partial charge in [0.15, 0.2) is 22.8 Å². The van der Waals surface area contributed by atoms with Gasteiger partial charge in [0.2, 0.25) is 17.3 Å². The summed E-state index contributed by atoms with van der Waals surface area (Å²) in [6.07, 6.45) is 7.22. The number of hydrogen-bond donors (Lipinski definition) is 1. The van der Waals surface area contributed by atoms with E-state index < -0.39 is 56.9 Å². The first-order valence-corrected chi connectivity index (χ1v) is 49.1. The summed E-state index contributed by atoms with van der Waals surface area (Å²) in [5.41, 5.74) is 10.7. The van der Waals surface area contributed by atoms with Crippen molar-refractivity contribution in [3.05, 3.63) is 273 Å². The van der Waals surface area contributed by atoms with E-state index in [4.69, 9.17) is 33.7 Å². The lowest BCUT2D eigenvalue weighted by Gasteiger charge is -2.37. The predicted octanol–water partition coefficient (Wildman–Crippen LogP) is 20.8. The van der Waals surface area contributed by atoms with Crippen molar-refractivity contribution in [3.63, 3.8) is 0 Å². The summed E-state index contributed by atoms with van der Waals surface area (Å²) in [6.45, 7) is 39.8. The molecule has 0 unspecified atom stereocenters. The van der Waals surface area contributed by atoms with Crippen molar-refractivity contribution in [2.45, 2.75) is 204 Å². The van der Waals surface area contributed by atoms with Crippen molar-refractivity contribution in [2.75, 3.05) is 64.8 Å². The average molecular weight is 1930 g/mol. The van der Waals surface area contributed by atoms with Gasteiger partial charge < -0.3 is 47.9 Å². The third-order valence-corrected chi connectivity index (χ3v) is 26.1. The number of hydrogen-bond acceptors (Lipinski definition) is 27. The highest BCUT2D eigenvalue weighted by atomic mass is 32.2. The Morgan fingerprint density at radius 1 is 0.396 bits per heavy atom. The molecule has 0 amide bonds. The molecule has 27 nitrogen and oxygen atoms in total. The smallest absolute Gasteiger partial charge is 0.365 e. The number of benzene rings is 9. The van der Waals surface area contributed by atoms with Gasteiger partial charge in [0.05, 0.1) is 24.6 Å². The number of oxime groups is 5. The van der Waals surface area contributed by atoms with Gasteiger partial charge in [-0.2, -0.15) is 11.8 Å². The van der Waals surface area contributed by atoms with Crippen LogP contribution in [0.5, 0.6) is 0 Å². The van der Waals surface area contributed by atoms with Crippen LogP contribution in [0.4, 0.5) is 0 Å². The topological polar surface area (TPSA) is 334 Å². The number of rotatable bonds is 33. The number of carbonyl (C=O) groups excluding carboxylic acids is 10. The first-order valence-electron chi connectivity index (χ1n) is 46.4. The molecule has 1 N–H and O–H groups in total. The second kappa shape index (κ2) is 50.1. The number of thioether (sulfide) groups is 2. The molecule has 2 aliphatic rings. The zero-order chi connectivity index (χ0) is 102. The molecule has 0 atom stereocenters. The molecule has 734 valence electrons. The number of morpholine rings is 1. The highest BCUT2D eigenvalue weighted by Gasteiger charge is 2.40. The van der Waals surface area contributed by atoms with Gasteiger partial charge in [0, 0.05) is 122 Å². The summed E-state index contributed by atoms with van der Waals surface area (Å²) in [7, 11) is 1.45. The highest BCUT2D eigenvalue weighted by Crippen LogP contribution is 2.36. The minimum Gasteiger partial charge on any atom is -0.379 e. The second-order valence-corrected chi connectivity index (χ2v) is 38.4. The molecule has 4 heterocycles. The molecule has 13 rings (SSSR count). The molecule has 0 radical (unpaired) electrons. The maximum absolute atomic E-state index is 13.3. The van der Waals surface area contributed by atoms with Gasteiger partial charge in [-0.05, 0) is 258 Å². The van der Waals surface area contributed by atoms with Crippen molar-refractivity contribution >= 4 is 154 Å². The first kappa shape index (κ1) is 110. The molecule has 0 aliphatic carbocycles. The minimum atomic E-state index is -1.62. The fourth-order valence-electron chi connectivity index (χ4n) is 14.9. The zero-order valence-electron chi connectivity index (χ0n) is 83.8. The Morgan fingerprint density at radius 3 is 1.11 bits per heavy atom. The number of aromatic nitrogens is 2. The predicted molar refractivity (Wildman–Crippen MR) is 554 cm³/mol. The number of carbonyl (C=O) groups is 10. The van der Waals surface area contributed by atoms with E-state index in [1.165, 1.54) is 32.7 Å². The summed E-state index contributed by atoms with van der Waals surface area (Å²) in [6, 6.07) is 63.9. The van der Waals surface area contributed by atoms with Crippen molar-refractivity contribution in [1.82, 2.24) is 18.9 Å². The fourth-order valence-corrected chi connectivity index (χ4v) is 15.5. The van der Waals surface area contributed by atoms with Crippen molar-refractivity contribution in [3.8, 4) is 0 Å². The number of aliphatic hydroxyl groups is 1. The highest BCUT2D eigenvalue weighted by molar-refractivity contribution is 8.00. The van der Waals surface area contributed by atoms with E-state index in [9.17, 15) is 53.1 Å². The van der Waals surface area contributed by atoms with E-state index in [1.807, 2.05) is 198 Å². The maximum atomic E-state index is 13.3. The molecule has 9 aromatic carbocycles. The number of likely N-dealkylation sites (tertiary alicyclic amines) is 1. The Kier molecular flexibility index (Phi) is 39.6. The number of nitrogens with zero attached hydrogens (tertiary/aromatic N) is 9. The van der Waals surface area contributed by atoms with Crippen molar-refractivity contribution in [2.24, 2.45) is 25.8 Å².